The Balaban J connectivity index is 2.21. The number of aryl methyl sites for hydroxylation is 3. The zero-order valence-corrected chi connectivity index (χ0v) is 11.6. The predicted octanol–water partition coefficient (Wildman–Crippen LogP) is 2.97. The lowest BCUT2D eigenvalue weighted by Crippen LogP contribution is -2.06. The summed E-state index contributed by atoms with van der Waals surface area (Å²) >= 11 is 6.00. The molecule has 0 fully saturated rings. The standard InChI is InChI=1S/C14H17ClN2O/c1-9-4-11(7-12(15)5-9)14(18)8-13-6-10(2)16-17(13)3/h4-7,14,18H,8H2,1-3H3. The highest BCUT2D eigenvalue weighted by atomic mass is 35.5. The molecule has 1 aromatic heterocycles. The van der Waals surface area contributed by atoms with Crippen molar-refractivity contribution >= 4 is 11.6 Å². The second-order valence-electron chi connectivity index (χ2n) is 4.68. The molecule has 3 nitrogen and oxygen atoms in total. The molecule has 0 saturated heterocycles. The highest BCUT2D eigenvalue weighted by Crippen LogP contribution is 2.23. The summed E-state index contributed by atoms with van der Waals surface area (Å²) in [5.41, 5.74) is 3.87. The summed E-state index contributed by atoms with van der Waals surface area (Å²) in [5.74, 6) is 0. The van der Waals surface area contributed by atoms with Gasteiger partial charge in [0.15, 0.2) is 0 Å². The minimum Gasteiger partial charge on any atom is -0.388 e. The van der Waals surface area contributed by atoms with Gasteiger partial charge in [0.2, 0.25) is 0 Å². The number of aliphatic hydroxyl groups excluding tert-OH is 1. The number of hydrogen-bond acceptors (Lipinski definition) is 2. The molecule has 4 heteroatoms. The number of benzene rings is 1. The zero-order valence-electron chi connectivity index (χ0n) is 10.8. The van der Waals surface area contributed by atoms with Crippen molar-refractivity contribution in [2.24, 2.45) is 7.05 Å². The third kappa shape index (κ3) is 2.92. The van der Waals surface area contributed by atoms with E-state index in [1.165, 1.54) is 0 Å². The summed E-state index contributed by atoms with van der Waals surface area (Å²) in [7, 11) is 1.89. The molecule has 0 amide bonds. The average molecular weight is 265 g/mol. The highest BCUT2D eigenvalue weighted by Gasteiger charge is 2.12. The van der Waals surface area contributed by atoms with Crippen LogP contribution in [-0.4, -0.2) is 14.9 Å². The maximum absolute atomic E-state index is 10.3. The van der Waals surface area contributed by atoms with Gasteiger partial charge in [-0.25, -0.2) is 0 Å². The maximum atomic E-state index is 10.3. The van der Waals surface area contributed by atoms with Gasteiger partial charge in [-0.3, -0.25) is 4.68 Å². The SMILES string of the molecule is Cc1cc(Cl)cc(C(O)Cc2cc(C)nn2C)c1. The van der Waals surface area contributed by atoms with E-state index in [2.05, 4.69) is 5.10 Å². The Morgan fingerprint density at radius 3 is 2.56 bits per heavy atom. The first-order valence-electron chi connectivity index (χ1n) is 5.90. The fraction of sp³-hybridized carbons (Fsp3) is 0.357. The molecule has 1 heterocycles. The quantitative estimate of drug-likeness (QED) is 0.926. The molecule has 0 spiro atoms. The Bertz CT molecular complexity index is 543. The van der Waals surface area contributed by atoms with E-state index in [9.17, 15) is 5.11 Å². The van der Waals surface area contributed by atoms with Gasteiger partial charge < -0.3 is 5.11 Å². The van der Waals surface area contributed by atoms with Crippen molar-refractivity contribution in [1.82, 2.24) is 9.78 Å². The van der Waals surface area contributed by atoms with Gasteiger partial charge in [0.25, 0.3) is 0 Å². The molecule has 0 bridgehead atoms. The number of nitrogens with zero attached hydrogens (tertiary/aromatic N) is 2. The van der Waals surface area contributed by atoms with Crippen molar-refractivity contribution in [2.75, 3.05) is 0 Å². The summed E-state index contributed by atoms with van der Waals surface area (Å²) < 4.78 is 1.80. The summed E-state index contributed by atoms with van der Waals surface area (Å²) in [5, 5.41) is 15.2. The first kappa shape index (κ1) is 13.1. The van der Waals surface area contributed by atoms with Crippen molar-refractivity contribution in [2.45, 2.75) is 26.4 Å². The molecule has 0 aliphatic rings. The number of rotatable bonds is 3. The monoisotopic (exact) mass is 264 g/mol. The molecule has 0 radical (unpaired) electrons. The molecular weight excluding hydrogens is 248 g/mol. The van der Waals surface area contributed by atoms with E-state index in [1.54, 1.807) is 4.68 Å². The highest BCUT2D eigenvalue weighted by molar-refractivity contribution is 6.30. The number of hydrogen-bond donors (Lipinski definition) is 1. The van der Waals surface area contributed by atoms with E-state index in [1.807, 2.05) is 45.2 Å². The Kier molecular flexibility index (Phi) is 3.73. The van der Waals surface area contributed by atoms with Gasteiger partial charge in [-0.2, -0.15) is 5.10 Å². The first-order chi connectivity index (χ1) is 8.45. The van der Waals surface area contributed by atoms with Crippen molar-refractivity contribution in [1.29, 1.82) is 0 Å². The molecule has 0 aliphatic heterocycles. The molecule has 0 aliphatic carbocycles. The van der Waals surface area contributed by atoms with Crippen molar-refractivity contribution in [3.05, 3.63) is 51.8 Å². The molecule has 2 aromatic rings. The van der Waals surface area contributed by atoms with E-state index in [-0.39, 0.29) is 0 Å². The molecular formula is C14H17ClN2O. The lowest BCUT2D eigenvalue weighted by Gasteiger charge is -2.12. The lowest BCUT2D eigenvalue weighted by molar-refractivity contribution is 0.175. The molecule has 1 unspecified atom stereocenters. The summed E-state index contributed by atoms with van der Waals surface area (Å²) in [6.07, 6.45) is -0.0193. The summed E-state index contributed by atoms with van der Waals surface area (Å²) in [4.78, 5) is 0. The van der Waals surface area contributed by atoms with Gasteiger partial charge >= 0.3 is 0 Å². The topological polar surface area (TPSA) is 38.1 Å². The third-order valence-electron chi connectivity index (χ3n) is 2.95. The molecule has 1 atom stereocenters. The van der Waals surface area contributed by atoms with Crippen LogP contribution in [0.3, 0.4) is 0 Å². The number of halogens is 1. The van der Waals surface area contributed by atoms with Crippen LogP contribution in [0, 0.1) is 13.8 Å². The molecule has 18 heavy (non-hydrogen) atoms. The molecule has 96 valence electrons. The predicted molar refractivity (Wildman–Crippen MR) is 72.8 cm³/mol. The molecule has 2 rings (SSSR count). The van der Waals surface area contributed by atoms with Crippen LogP contribution in [-0.2, 0) is 13.5 Å². The van der Waals surface area contributed by atoms with Gasteiger partial charge in [0, 0.05) is 24.2 Å². The number of aliphatic hydroxyl groups is 1. The smallest absolute Gasteiger partial charge is 0.0845 e. The van der Waals surface area contributed by atoms with Crippen LogP contribution >= 0.6 is 11.6 Å². The van der Waals surface area contributed by atoms with E-state index in [0.717, 1.165) is 22.5 Å². The molecule has 1 N–H and O–H groups in total. The van der Waals surface area contributed by atoms with Crippen LogP contribution in [0.15, 0.2) is 24.3 Å². The van der Waals surface area contributed by atoms with Crippen LogP contribution in [0.25, 0.3) is 0 Å². The normalized spacial score (nSPS) is 12.7. The second-order valence-corrected chi connectivity index (χ2v) is 5.12. The average Bonchev–Trinajstić information content (AvgIpc) is 2.56. The molecule has 0 saturated carbocycles. The van der Waals surface area contributed by atoms with Crippen molar-refractivity contribution in [3.63, 3.8) is 0 Å². The van der Waals surface area contributed by atoms with Crippen molar-refractivity contribution in [3.8, 4) is 0 Å². The fourth-order valence-electron chi connectivity index (χ4n) is 2.13. The van der Waals surface area contributed by atoms with Gasteiger partial charge in [-0.15, -0.1) is 0 Å². The Labute approximate surface area is 112 Å². The Hall–Kier alpha value is -1.32. The maximum Gasteiger partial charge on any atom is 0.0845 e. The van der Waals surface area contributed by atoms with Gasteiger partial charge in [0.1, 0.15) is 0 Å². The first-order valence-corrected chi connectivity index (χ1v) is 6.28. The number of aromatic nitrogens is 2. The van der Waals surface area contributed by atoms with Crippen LogP contribution in [0.1, 0.15) is 28.6 Å². The minimum atomic E-state index is -0.558. The Morgan fingerprint density at radius 2 is 2.00 bits per heavy atom. The zero-order chi connectivity index (χ0) is 13.3. The van der Waals surface area contributed by atoms with E-state index < -0.39 is 6.10 Å². The Morgan fingerprint density at radius 1 is 1.28 bits per heavy atom. The summed E-state index contributed by atoms with van der Waals surface area (Å²) in [6, 6.07) is 7.63. The van der Waals surface area contributed by atoms with Crippen LogP contribution < -0.4 is 0 Å². The van der Waals surface area contributed by atoms with Gasteiger partial charge in [0.05, 0.1) is 11.8 Å². The third-order valence-corrected chi connectivity index (χ3v) is 3.17. The van der Waals surface area contributed by atoms with Crippen molar-refractivity contribution < 1.29 is 5.11 Å². The van der Waals surface area contributed by atoms with E-state index >= 15 is 0 Å². The van der Waals surface area contributed by atoms with E-state index in [0.29, 0.717) is 11.4 Å². The lowest BCUT2D eigenvalue weighted by atomic mass is 10.0. The van der Waals surface area contributed by atoms with Crippen LogP contribution in [0.4, 0.5) is 0 Å². The largest absolute Gasteiger partial charge is 0.388 e. The second kappa shape index (κ2) is 5.12. The summed E-state index contributed by atoms with van der Waals surface area (Å²) in [6.45, 7) is 3.91. The van der Waals surface area contributed by atoms with Crippen LogP contribution in [0.5, 0.6) is 0 Å². The fourth-order valence-corrected chi connectivity index (χ4v) is 2.43. The van der Waals surface area contributed by atoms with Crippen LogP contribution in [0.2, 0.25) is 5.02 Å². The molecule has 1 aromatic carbocycles. The minimum absolute atomic E-state index is 0.539. The van der Waals surface area contributed by atoms with Gasteiger partial charge in [-0.1, -0.05) is 17.7 Å². The van der Waals surface area contributed by atoms with Gasteiger partial charge in [-0.05, 0) is 43.2 Å². The van der Waals surface area contributed by atoms with E-state index in [4.69, 9.17) is 11.6 Å².